The molecule has 0 saturated carbocycles. The average molecular weight is 444 g/mol. The number of rotatable bonds is 7. The highest BCUT2D eigenvalue weighted by atomic mass is 35.5. The maximum atomic E-state index is 13.1. The van der Waals surface area contributed by atoms with Gasteiger partial charge >= 0.3 is 0 Å². The van der Waals surface area contributed by atoms with Crippen molar-refractivity contribution in [1.82, 2.24) is 4.90 Å². The molecule has 0 spiro atoms. The molecule has 1 fully saturated rings. The Morgan fingerprint density at radius 3 is 2.42 bits per heavy atom. The summed E-state index contributed by atoms with van der Waals surface area (Å²) in [5.74, 6) is -1.03. The van der Waals surface area contributed by atoms with Crippen LogP contribution in [0.5, 0.6) is 11.5 Å². The molecule has 1 aliphatic rings. The molecule has 2 aromatic rings. The van der Waals surface area contributed by atoms with Gasteiger partial charge in [-0.2, -0.15) is 0 Å². The van der Waals surface area contributed by atoms with Crippen molar-refractivity contribution in [3.8, 4) is 11.5 Å². The summed E-state index contributed by atoms with van der Waals surface area (Å²) in [4.78, 5) is 27.6. The highest BCUT2D eigenvalue weighted by molar-refractivity contribution is 6.46. The van der Waals surface area contributed by atoms with Crippen LogP contribution in [-0.2, 0) is 9.59 Å². The Hall–Kier alpha value is -2.99. The van der Waals surface area contributed by atoms with Crippen LogP contribution in [0, 0.1) is 6.92 Å². The van der Waals surface area contributed by atoms with Crippen molar-refractivity contribution < 1.29 is 24.2 Å². The lowest BCUT2D eigenvalue weighted by Gasteiger charge is -2.26. The maximum absolute atomic E-state index is 13.1. The van der Waals surface area contributed by atoms with E-state index in [1.165, 1.54) is 31.3 Å². The second kappa shape index (κ2) is 9.43. The third-order valence-corrected chi connectivity index (χ3v) is 5.80. The number of aryl methyl sites for hydroxylation is 1. The predicted octanol–water partition coefficient (Wildman–Crippen LogP) is 4.89. The number of aliphatic hydroxyl groups is 1. The van der Waals surface area contributed by atoms with Gasteiger partial charge in [0.25, 0.3) is 11.7 Å². The lowest BCUT2D eigenvalue weighted by molar-refractivity contribution is -0.139. The summed E-state index contributed by atoms with van der Waals surface area (Å²) in [7, 11) is 2.91. The Bertz CT molecular complexity index is 1050. The molecule has 31 heavy (non-hydrogen) atoms. The van der Waals surface area contributed by atoms with Gasteiger partial charge in [-0.15, -0.1) is 0 Å². The van der Waals surface area contributed by atoms with E-state index in [2.05, 4.69) is 0 Å². The zero-order valence-electron chi connectivity index (χ0n) is 18.1. The van der Waals surface area contributed by atoms with Crippen molar-refractivity contribution in [3.63, 3.8) is 0 Å². The van der Waals surface area contributed by atoms with E-state index >= 15 is 0 Å². The zero-order valence-corrected chi connectivity index (χ0v) is 18.8. The fraction of sp³-hybridized carbons (Fsp3) is 0.333. The Labute approximate surface area is 187 Å². The third-order valence-electron chi connectivity index (χ3n) is 5.50. The van der Waals surface area contributed by atoms with Gasteiger partial charge in [0.15, 0.2) is 0 Å². The summed E-state index contributed by atoms with van der Waals surface area (Å²) in [5.41, 5.74) is 1.95. The fourth-order valence-corrected chi connectivity index (χ4v) is 4.09. The number of amides is 1. The van der Waals surface area contributed by atoms with Gasteiger partial charge in [-0.3, -0.25) is 9.59 Å². The number of halogens is 1. The number of ketones is 1. The summed E-state index contributed by atoms with van der Waals surface area (Å²) in [6, 6.07) is 9.85. The number of hydrogen-bond donors (Lipinski definition) is 1. The van der Waals surface area contributed by atoms with E-state index in [0.717, 1.165) is 24.0 Å². The van der Waals surface area contributed by atoms with Crippen LogP contribution in [0.25, 0.3) is 5.76 Å². The average Bonchev–Trinajstić information content (AvgIpc) is 3.01. The molecule has 1 N–H and O–H groups in total. The summed E-state index contributed by atoms with van der Waals surface area (Å²) in [6.07, 6.45) is 1.61. The van der Waals surface area contributed by atoms with Crippen LogP contribution in [0.2, 0.25) is 5.02 Å². The van der Waals surface area contributed by atoms with E-state index in [1.807, 2.05) is 38.1 Å². The molecule has 6 nitrogen and oxygen atoms in total. The quantitative estimate of drug-likeness (QED) is 0.374. The van der Waals surface area contributed by atoms with Gasteiger partial charge in [0, 0.05) is 12.6 Å². The van der Waals surface area contributed by atoms with Crippen molar-refractivity contribution in [2.75, 3.05) is 20.8 Å². The SMILES string of the molecule is CCCCN1C(=O)C(=O)/C(=C(/O)c2cc(Cl)c(OC)cc2OC)C1c1ccccc1C. The summed E-state index contributed by atoms with van der Waals surface area (Å²) in [6.45, 7) is 4.35. The zero-order chi connectivity index (χ0) is 22.7. The highest BCUT2D eigenvalue weighted by Crippen LogP contribution is 2.43. The van der Waals surface area contributed by atoms with Crippen LogP contribution in [0.4, 0.5) is 0 Å². The van der Waals surface area contributed by atoms with Gasteiger partial charge < -0.3 is 19.5 Å². The molecule has 1 atom stereocenters. The largest absolute Gasteiger partial charge is 0.507 e. The number of ether oxygens (including phenoxy) is 2. The number of methoxy groups -OCH3 is 2. The minimum absolute atomic E-state index is 0.0231. The molecule has 0 aromatic heterocycles. The van der Waals surface area contributed by atoms with Gasteiger partial charge in [-0.1, -0.05) is 49.2 Å². The first kappa shape index (κ1) is 22.7. The molecule has 1 heterocycles. The van der Waals surface area contributed by atoms with Crippen molar-refractivity contribution in [2.24, 2.45) is 0 Å². The number of likely N-dealkylation sites (tertiary alicyclic amines) is 1. The molecular weight excluding hydrogens is 418 g/mol. The Kier molecular flexibility index (Phi) is 6.91. The normalized spacial score (nSPS) is 17.8. The molecular formula is C24H26ClNO5. The molecule has 7 heteroatoms. The van der Waals surface area contributed by atoms with Crippen molar-refractivity contribution in [3.05, 3.63) is 63.7 Å². The Morgan fingerprint density at radius 2 is 1.81 bits per heavy atom. The van der Waals surface area contributed by atoms with Gasteiger partial charge in [-0.25, -0.2) is 0 Å². The molecule has 2 aromatic carbocycles. The topological polar surface area (TPSA) is 76.1 Å². The number of Topliss-reactive ketones (excluding diaryl/α,β-unsaturated/α-hetero) is 1. The van der Waals surface area contributed by atoms with Crippen molar-refractivity contribution in [1.29, 1.82) is 0 Å². The molecule has 0 aliphatic carbocycles. The molecule has 164 valence electrons. The van der Waals surface area contributed by atoms with Gasteiger partial charge in [0.2, 0.25) is 0 Å². The minimum Gasteiger partial charge on any atom is -0.507 e. The van der Waals surface area contributed by atoms with Crippen LogP contribution in [-0.4, -0.2) is 42.5 Å². The summed E-state index contributed by atoms with van der Waals surface area (Å²) >= 11 is 6.27. The Balaban J connectivity index is 2.26. The maximum Gasteiger partial charge on any atom is 0.295 e. The van der Waals surface area contributed by atoms with E-state index in [-0.39, 0.29) is 27.7 Å². The molecule has 1 amide bonds. The number of unbranched alkanes of at least 4 members (excludes halogenated alkanes) is 1. The van der Waals surface area contributed by atoms with E-state index in [0.29, 0.717) is 12.3 Å². The number of benzene rings is 2. The number of aliphatic hydroxyl groups excluding tert-OH is 1. The van der Waals surface area contributed by atoms with E-state index in [1.54, 1.807) is 0 Å². The van der Waals surface area contributed by atoms with Crippen LogP contribution in [0.3, 0.4) is 0 Å². The molecule has 1 unspecified atom stereocenters. The Morgan fingerprint density at radius 1 is 1.13 bits per heavy atom. The van der Waals surface area contributed by atoms with Gasteiger partial charge in [0.1, 0.15) is 17.3 Å². The highest BCUT2D eigenvalue weighted by Gasteiger charge is 2.46. The first-order valence-electron chi connectivity index (χ1n) is 10.1. The summed E-state index contributed by atoms with van der Waals surface area (Å²) in [5, 5.41) is 11.5. The van der Waals surface area contributed by atoms with Crippen molar-refractivity contribution in [2.45, 2.75) is 32.7 Å². The minimum atomic E-state index is -0.726. The van der Waals surface area contributed by atoms with Crippen LogP contribution in [0.15, 0.2) is 42.0 Å². The summed E-state index contributed by atoms with van der Waals surface area (Å²) < 4.78 is 10.6. The standard InChI is InChI=1S/C24H26ClNO5/c1-5-6-11-26-21(15-10-8-7-9-14(15)2)20(23(28)24(26)29)22(27)16-12-17(25)19(31-4)13-18(16)30-3/h7-10,12-13,21,27H,5-6,11H2,1-4H3/b22-20+. The lowest BCUT2D eigenvalue weighted by atomic mass is 9.92. The fourth-order valence-electron chi connectivity index (χ4n) is 3.85. The van der Waals surface area contributed by atoms with Crippen molar-refractivity contribution >= 4 is 29.1 Å². The number of carbonyl (C=O) groups is 2. The van der Waals surface area contributed by atoms with Crippen LogP contribution >= 0.6 is 11.6 Å². The van der Waals surface area contributed by atoms with Gasteiger partial charge in [0.05, 0.1) is 36.4 Å². The molecule has 1 aliphatic heterocycles. The van der Waals surface area contributed by atoms with Crippen LogP contribution < -0.4 is 9.47 Å². The van der Waals surface area contributed by atoms with E-state index in [4.69, 9.17) is 21.1 Å². The van der Waals surface area contributed by atoms with Gasteiger partial charge in [-0.05, 0) is 30.5 Å². The number of carbonyl (C=O) groups excluding carboxylic acids is 2. The molecule has 1 saturated heterocycles. The third kappa shape index (κ3) is 4.12. The first-order valence-corrected chi connectivity index (χ1v) is 10.5. The van der Waals surface area contributed by atoms with E-state index in [9.17, 15) is 14.7 Å². The first-order chi connectivity index (χ1) is 14.8. The molecule has 0 radical (unpaired) electrons. The van der Waals surface area contributed by atoms with E-state index < -0.39 is 17.7 Å². The number of nitrogens with zero attached hydrogens (tertiary/aromatic N) is 1. The monoisotopic (exact) mass is 443 g/mol. The number of hydrogen-bond acceptors (Lipinski definition) is 5. The lowest BCUT2D eigenvalue weighted by Crippen LogP contribution is -2.30. The second-order valence-electron chi connectivity index (χ2n) is 7.39. The smallest absolute Gasteiger partial charge is 0.295 e. The predicted molar refractivity (Wildman–Crippen MR) is 120 cm³/mol. The molecule has 3 rings (SSSR count). The van der Waals surface area contributed by atoms with Crippen LogP contribution in [0.1, 0.15) is 42.5 Å². The second-order valence-corrected chi connectivity index (χ2v) is 7.80. The molecule has 0 bridgehead atoms.